The summed E-state index contributed by atoms with van der Waals surface area (Å²) in [5.74, 6) is 1.61. The lowest BCUT2D eigenvalue weighted by atomic mass is 9.90. The molecule has 1 saturated heterocycles. The normalized spacial score (nSPS) is 17.6. The first-order valence-corrected chi connectivity index (χ1v) is 8.84. The van der Waals surface area contributed by atoms with E-state index in [0.29, 0.717) is 18.7 Å². The molecule has 0 atom stereocenters. The summed E-state index contributed by atoms with van der Waals surface area (Å²) in [5, 5.41) is 16.2. The van der Waals surface area contributed by atoms with Gasteiger partial charge < -0.3 is 10.0 Å². The SMILES string of the molecule is Cc1sc2ncnc(N3CCC(O)(c4ncnn4C)CC3)c2c1C. The van der Waals surface area contributed by atoms with E-state index in [0.717, 1.165) is 29.1 Å². The third-order valence-electron chi connectivity index (χ3n) is 4.96. The average molecular weight is 344 g/mol. The Morgan fingerprint density at radius 1 is 1.12 bits per heavy atom. The summed E-state index contributed by atoms with van der Waals surface area (Å²) in [7, 11) is 1.82. The van der Waals surface area contributed by atoms with E-state index in [1.54, 1.807) is 22.3 Å². The Kier molecular flexibility index (Phi) is 3.54. The number of aryl methyl sites for hydroxylation is 3. The summed E-state index contributed by atoms with van der Waals surface area (Å²) in [6.07, 6.45) is 4.34. The highest BCUT2D eigenvalue weighted by Crippen LogP contribution is 2.38. The molecule has 126 valence electrons. The van der Waals surface area contributed by atoms with E-state index in [-0.39, 0.29) is 0 Å². The molecule has 1 aliphatic rings. The second-order valence-corrected chi connectivity index (χ2v) is 7.59. The van der Waals surface area contributed by atoms with Crippen LogP contribution < -0.4 is 4.90 Å². The van der Waals surface area contributed by atoms with Gasteiger partial charge >= 0.3 is 0 Å². The number of nitrogens with zero attached hydrogens (tertiary/aromatic N) is 6. The predicted molar refractivity (Wildman–Crippen MR) is 93.2 cm³/mol. The quantitative estimate of drug-likeness (QED) is 0.765. The lowest BCUT2D eigenvalue weighted by Crippen LogP contribution is -2.44. The minimum atomic E-state index is -0.923. The highest BCUT2D eigenvalue weighted by atomic mass is 32.1. The molecule has 1 aliphatic heterocycles. The van der Waals surface area contributed by atoms with Crippen molar-refractivity contribution in [2.75, 3.05) is 18.0 Å². The molecule has 0 amide bonds. The lowest BCUT2D eigenvalue weighted by Gasteiger charge is -2.38. The first-order valence-electron chi connectivity index (χ1n) is 8.02. The number of hydrogen-bond acceptors (Lipinski definition) is 7. The van der Waals surface area contributed by atoms with Crippen LogP contribution in [0.1, 0.15) is 29.1 Å². The summed E-state index contributed by atoms with van der Waals surface area (Å²) < 4.78 is 1.66. The van der Waals surface area contributed by atoms with E-state index in [4.69, 9.17) is 0 Å². The topological polar surface area (TPSA) is 80.0 Å². The van der Waals surface area contributed by atoms with Crippen molar-refractivity contribution >= 4 is 27.4 Å². The van der Waals surface area contributed by atoms with E-state index < -0.39 is 5.60 Å². The van der Waals surface area contributed by atoms with Gasteiger partial charge in [0.2, 0.25) is 0 Å². The monoisotopic (exact) mass is 344 g/mol. The largest absolute Gasteiger partial charge is 0.382 e. The molecular formula is C16H20N6OS. The molecule has 3 aromatic rings. The van der Waals surface area contributed by atoms with Gasteiger partial charge in [0, 0.05) is 37.9 Å². The zero-order valence-electron chi connectivity index (χ0n) is 14.0. The molecular weight excluding hydrogens is 324 g/mol. The second-order valence-electron chi connectivity index (χ2n) is 6.39. The zero-order valence-corrected chi connectivity index (χ0v) is 14.8. The fourth-order valence-corrected chi connectivity index (χ4v) is 4.42. The first kappa shape index (κ1) is 15.5. The molecule has 0 aliphatic carbocycles. The van der Waals surface area contributed by atoms with Crippen LogP contribution in [0.15, 0.2) is 12.7 Å². The van der Waals surface area contributed by atoms with Gasteiger partial charge in [0.05, 0.1) is 5.39 Å². The van der Waals surface area contributed by atoms with Gasteiger partial charge in [-0.2, -0.15) is 5.10 Å². The minimum absolute atomic E-state index is 0.604. The Hall–Kier alpha value is -2.06. The Morgan fingerprint density at radius 3 is 2.54 bits per heavy atom. The molecule has 7 nitrogen and oxygen atoms in total. The van der Waals surface area contributed by atoms with Crippen molar-refractivity contribution in [2.24, 2.45) is 7.05 Å². The Bertz CT molecular complexity index is 893. The van der Waals surface area contributed by atoms with Gasteiger partial charge in [0.1, 0.15) is 28.9 Å². The van der Waals surface area contributed by atoms with Crippen LogP contribution in [-0.2, 0) is 12.6 Å². The molecule has 4 heterocycles. The maximum atomic E-state index is 11.0. The molecule has 0 aromatic carbocycles. The van der Waals surface area contributed by atoms with Crippen LogP contribution in [0.25, 0.3) is 10.2 Å². The summed E-state index contributed by atoms with van der Waals surface area (Å²) >= 11 is 1.71. The van der Waals surface area contributed by atoms with Crippen molar-refractivity contribution in [2.45, 2.75) is 32.3 Å². The Balaban J connectivity index is 1.64. The molecule has 0 bridgehead atoms. The summed E-state index contributed by atoms with van der Waals surface area (Å²) in [4.78, 5) is 17.7. The number of fused-ring (bicyclic) bond motifs is 1. The number of aliphatic hydroxyl groups is 1. The standard InChI is InChI=1S/C16H20N6OS/c1-10-11(2)24-14-12(10)13(17-8-18-14)22-6-4-16(23,5-7-22)15-19-9-20-21(15)3/h8-9,23H,4-7H2,1-3H3. The van der Waals surface area contributed by atoms with Crippen LogP contribution in [0.3, 0.4) is 0 Å². The smallest absolute Gasteiger partial charge is 0.158 e. The first-order chi connectivity index (χ1) is 11.5. The van der Waals surface area contributed by atoms with E-state index >= 15 is 0 Å². The number of hydrogen-bond donors (Lipinski definition) is 1. The van der Waals surface area contributed by atoms with Gasteiger partial charge in [-0.15, -0.1) is 11.3 Å². The van der Waals surface area contributed by atoms with Gasteiger partial charge in [0.25, 0.3) is 0 Å². The van der Waals surface area contributed by atoms with Crippen molar-refractivity contribution in [1.29, 1.82) is 0 Å². The molecule has 8 heteroatoms. The van der Waals surface area contributed by atoms with Crippen molar-refractivity contribution in [3.05, 3.63) is 28.9 Å². The van der Waals surface area contributed by atoms with Crippen LogP contribution in [0.4, 0.5) is 5.82 Å². The molecule has 1 N–H and O–H groups in total. The second kappa shape index (κ2) is 5.49. The molecule has 3 aromatic heterocycles. The zero-order chi connectivity index (χ0) is 16.9. The van der Waals surface area contributed by atoms with E-state index in [2.05, 4.69) is 38.8 Å². The van der Waals surface area contributed by atoms with Gasteiger partial charge in [0.15, 0.2) is 5.82 Å². The Labute approximate surface area is 144 Å². The minimum Gasteiger partial charge on any atom is -0.382 e. The number of aromatic nitrogens is 5. The third-order valence-corrected chi connectivity index (χ3v) is 6.08. The van der Waals surface area contributed by atoms with E-state index in [1.165, 1.54) is 16.8 Å². The van der Waals surface area contributed by atoms with Gasteiger partial charge in [-0.1, -0.05) is 0 Å². The van der Waals surface area contributed by atoms with Crippen molar-refractivity contribution in [3.63, 3.8) is 0 Å². The molecule has 0 radical (unpaired) electrons. The molecule has 0 saturated carbocycles. The van der Waals surface area contributed by atoms with E-state index in [9.17, 15) is 5.11 Å². The predicted octanol–water partition coefficient (Wildman–Crippen LogP) is 1.92. The average Bonchev–Trinajstić information content (AvgIpc) is 3.13. The maximum absolute atomic E-state index is 11.0. The Morgan fingerprint density at radius 2 is 1.88 bits per heavy atom. The maximum Gasteiger partial charge on any atom is 0.158 e. The van der Waals surface area contributed by atoms with Gasteiger partial charge in [-0.25, -0.2) is 15.0 Å². The van der Waals surface area contributed by atoms with Gasteiger partial charge in [-0.05, 0) is 19.4 Å². The number of anilines is 1. The highest BCUT2D eigenvalue weighted by Gasteiger charge is 2.38. The number of rotatable bonds is 2. The number of piperidine rings is 1. The molecule has 24 heavy (non-hydrogen) atoms. The molecule has 0 spiro atoms. The fourth-order valence-electron chi connectivity index (χ4n) is 3.43. The molecule has 1 fully saturated rings. The van der Waals surface area contributed by atoms with Crippen LogP contribution in [0, 0.1) is 13.8 Å². The van der Waals surface area contributed by atoms with Crippen molar-refractivity contribution in [1.82, 2.24) is 24.7 Å². The third kappa shape index (κ3) is 2.29. The molecule has 4 rings (SSSR count). The van der Waals surface area contributed by atoms with Crippen LogP contribution in [-0.4, -0.2) is 42.9 Å². The number of thiophene rings is 1. The van der Waals surface area contributed by atoms with Gasteiger partial charge in [-0.3, -0.25) is 4.68 Å². The summed E-state index contributed by atoms with van der Waals surface area (Å²) in [6.45, 7) is 5.70. The lowest BCUT2D eigenvalue weighted by molar-refractivity contribution is -0.000136. The summed E-state index contributed by atoms with van der Waals surface area (Å²) in [5.41, 5.74) is 0.327. The van der Waals surface area contributed by atoms with Crippen molar-refractivity contribution in [3.8, 4) is 0 Å². The highest BCUT2D eigenvalue weighted by molar-refractivity contribution is 7.18. The fraction of sp³-hybridized carbons (Fsp3) is 0.500. The van der Waals surface area contributed by atoms with E-state index in [1.807, 2.05) is 7.05 Å². The van der Waals surface area contributed by atoms with Crippen LogP contribution >= 0.6 is 11.3 Å². The van der Waals surface area contributed by atoms with Crippen LogP contribution in [0.2, 0.25) is 0 Å². The van der Waals surface area contributed by atoms with Crippen LogP contribution in [0.5, 0.6) is 0 Å². The summed E-state index contributed by atoms with van der Waals surface area (Å²) in [6, 6.07) is 0. The van der Waals surface area contributed by atoms with Crippen molar-refractivity contribution < 1.29 is 5.11 Å². The molecule has 0 unspecified atom stereocenters.